The molecular weight excluding hydrogens is 222 g/mol. The molecule has 2 aromatic rings. The van der Waals surface area contributed by atoms with Gasteiger partial charge in [-0.15, -0.1) is 11.3 Å². The maximum atomic E-state index is 11.7. The van der Waals surface area contributed by atoms with Gasteiger partial charge in [0, 0.05) is 17.3 Å². The van der Waals surface area contributed by atoms with E-state index in [2.05, 4.69) is 11.4 Å². The van der Waals surface area contributed by atoms with E-state index in [0.717, 1.165) is 6.42 Å². The molecule has 0 aliphatic heterocycles. The zero-order valence-electron chi connectivity index (χ0n) is 8.97. The molecule has 2 aromatic heterocycles. The van der Waals surface area contributed by atoms with Crippen LogP contribution in [-0.2, 0) is 6.42 Å². The monoisotopic (exact) mass is 235 g/mol. The highest BCUT2D eigenvalue weighted by Crippen LogP contribution is 2.11. The maximum Gasteiger partial charge on any atom is 0.254 e. The van der Waals surface area contributed by atoms with Gasteiger partial charge >= 0.3 is 0 Å². The molecule has 2 rings (SSSR count). The molecule has 0 aromatic carbocycles. The summed E-state index contributed by atoms with van der Waals surface area (Å²) in [4.78, 5) is 13.0. The third kappa shape index (κ3) is 2.73. The Morgan fingerprint density at radius 3 is 3.06 bits per heavy atom. The topological polar surface area (TPSA) is 42.2 Å². The van der Waals surface area contributed by atoms with Gasteiger partial charge in [0.15, 0.2) is 0 Å². The first-order chi connectivity index (χ1) is 7.75. The largest absolute Gasteiger partial charge is 0.472 e. The average Bonchev–Trinajstić information content (AvgIpc) is 2.88. The van der Waals surface area contributed by atoms with E-state index in [0.29, 0.717) is 5.56 Å². The van der Waals surface area contributed by atoms with Gasteiger partial charge in [0.2, 0.25) is 0 Å². The van der Waals surface area contributed by atoms with Crippen LogP contribution in [0.25, 0.3) is 0 Å². The van der Waals surface area contributed by atoms with Crippen molar-refractivity contribution in [2.45, 2.75) is 19.4 Å². The number of carbonyl (C=O) groups is 1. The van der Waals surface area contributed by atoms with Crippen molar-refractivity contribution in [2.75, 3.05) is 0 Å². The summed E-state index contributed by atoms with van der Waals surface area (Å²) >= 11 is 1.71. The molecule has 0 aliphatic carbocycles. The number of nitrogens with one attached hydrogen (secondary N) is 1. The van der Waals surface area contributed by atoms with E-state index in [4.69, 9.17) is 4.42 Å². The molecule has 3 nitrogen and oxygen atoms in total. The normalized spacial score (nSPS) is 12.3. The van der Waals surface area contributed by atoms with Crippen LogP contribution in [0.4, 0.5) is 0 Å². The number of carbonyl (C=O) groups excluding carboxylic acids is 1. The molecule has 1 N–H and O–H groups in total. The van der Waals surface area contributed by atoms with Crippen molar-refractivity contribution in [1.82, 2.24) is 5.32 Å². The molecule has 0 saturated carbocycles. The lowest BCUT2D eigenvalue weighted by molar-refractivity contribution is 0.0939. The van der Waals surface area contributed by atoms with Gasteiger partial charge in [-0.1, -0.05) is 6.07 Å². The minimum atomic E-state index is -0.0854. The first kappa shape index (κ1) is 11.0. The standard InChI is InChI=1S/C12H13NO2S/c1-9(7-11-3-2-6-16-11)13-12(14)10-4-5-15-8-10/h2-6,8-9H,7H2,1H3,(H,13,14)/t9-/m0/s1. The van der Waals surface area contributed by atoms with E-state index < -0.39 is 0 Å². The van der Waals surface area contributed by atoms with E-state index in [-0.39, 0.29) is 11.9 Å². The first-order valence-electron chi connectivity index (χ1n) is 5.11. The Labute approximate surface area is 98.1 Å². The lowest BCUT2D eigenvalue weighted by Gasteiger charge is -2.11. The van der Waals surface area contributed by atoms with Crippen molar-refractivity contribution in [2.24, 2.45) is 0 Å². The van der Waals surface area contributed by atoms with Crippen molar-refractivity contribution in [1.29, 1.82) is 0 Å². The number of rotatable bonds is 4. The van der Waals surface area contributed by atoms with Crippen molar-refractivity contribution in [3.05, 3.63) is 46.5 Å². The van der Waals surface area contributed by atoms with Crippen molar-refractivity contribution in [3.63, 3.8) is 0 Å². The van der Waals surface area contributed by atoms with Crippen LogP contribution in [0.15, 0.2) is 40.5 Å². The van der Waals surface area contributed by atoms with Gasteiger partial charge in [-0.2, -0.15) is 0 Å². The van der Waals surface area contributed by atoms with Gasteiger partial charge < -0.3 is 9.73 Å². The first-order valence-corrected chi connectivity index (χ1v) is 5.99. The van der Waals surface area contributed by atoms with Crippen LogP contribution < -0.4 is 5.32 Å². The van der Waals surface area contributed by atoms with Gasteiger partial charge in [0.1, 0.15) is 6.26 Å². The summed E-state index contributed by atoms with van der Waals surface area (Å²) in [5.41, 5.74) is 0.568. The highest BCUT2D eigenvalue weighted by atomic mass is 32.1. The summed E-state index contributed by atoms with van der Waals surface area (Å²) in [6.07, 6.45) is 3.81. The van der Waals surface area contributed by atoms with Gasteiger partial charge in [0.25, 0.3) is 5.91 Å². The molecule has 0 unspecified atom stereocenters. The molecule has 16 heavy (non-hydrogen) atoms. The van der Waals surface area contributed by atoms with Crippen molar-refractivity contribution < 1.29 is 9.21 Å². The van der Waals surface area contributed by atoms with Crippen molar-refractivity contribution in [3.8, 4) is 0 Å². The van der Waals surface area contributed by atoms with E-state index in [9.17, 15) is 4.79 Å². The Kier molecular flexibility index (Phi) is 3.41. The quantitative estimate of drug-likeness (QED) is 0.885. The number of hydrogen-bond acceptors (Lipinski definition) is 3. The van der Waals surface area contributed by atoms with E-state index in [1.54, 1.807) is 17.4 Å². The predicted octanol–water partition coefficient (Wildman–Crippen LogP) is 2.70. The Hall–Kier alpha value is -1.55. The molecule has 1 atom stereocenters. The summed E-state index contributed by atoms with van der Waals surface area (Å²) in [7, 11) is 0. The molecule has 0 aliphatic rings. The van der Waals surface area contributed by atoms with Crippen LogP contribution in [0.2, 0.25) is 0 Å². The molecule has 1 amide bonds. The molecule has 0 saturated heterocycles. The molecular formula is C12H13NO2S. The second kappa shape index (κ2) is 4.99. The fraction of sp³-hybridized carbons (Fsp3) is 0.250. The minimum Gasteiger partial charge on any atom is -0.472 e. The summed E-state index contributed by atoms with van der Waals surface area (Å²) in [5.74, 6) is -0.0854. The second-order valence-electron chi connectivity index (χ2n) is 3.67. The van der Waals surface area contributed by atoms with Gasteiger partial charge in [-0.3, -0.25) is 4.79 Å². The fourth-order valence-corrected chi connectivity index (χ4v) is 2.32. The Morgan fingerprint density at radius 1 is 1.56 bits per heavy atom. The summed E-state index contributed by atoms with van der Waals surface area (Å²) in [5, 5.41) is 4.97. The Balaban J connectivity index is 1.88. The molecule has 4 heteroatoms. The molecule has 0 fully saturated rings. The van der Waals surface area contributed by atoms with Gasteiger partial charge in [-0.25, -0.2) is 0 Å². The number of hydrogen-bond donors (Lipinski definition) is 1. The van der Waals surface area contributed by atoms with Crippen LogP contribution in [0.5, 0.6) is 0 Å². The third-order valence-corrected chi connectivity index (χ3v) is 3.15. The van der Waals surface area contributed by atoms with Crippen LogP contribution in [0, 0.1) is 0 Å². The number of thiophene rings is 1. The summed E-state index contributed by atoms with van der Waals surface area (Å²) < 4.78 is 4.86. The summed E-state index contributed by atoms with van der Waals surface area (Å²) in [6.45, 7) is 2.00. The van der Waals surface area contributed by atoms with Crippen LogP contribution >= 0.6 is 11.3 Å². The lowest BCUT2D eigenvalue weighted by atomic mass is 10.2. The van der Waals surface area contributed by atoms with Crippen LogP contribution in [-0.4, -0.2) is 11.9 Å². The zero-order valence-corrected chi connectivity index (χ0v) is 9.79. The summed E-state index contributed by atoms with van der Waals surface area (Å²) in [6, 6.07) is 5.88. The highest BCUT2D eigenvalue weighted by Gasteiger charge is 2.11. The molecule has 84 valence electrons. The molecule has 2 heterocycles. The van der Waals surface area contributed by atoms with Crippen LogP contribution in [0.3, 0.4) is 0 Å². The lowest BCUT2D eigenvalue weighted by Crippen LogP contribution is -2.33. The molecule has 0 bridgehead atoms. The maximum absolute atomic E-state index is 11.7. The fourth-order valence-electron chi connectivity index (χ4n) is 1.48. The third-order valence-electron chi connectivity index (χ3n) is 2.25. The minimum absolute atomic E-state index is 0.0854. The zero-order chi connectivity index (χ0) is 11.4. The predicted molar refractivity (Wildman–Crippen MR) is 63.7 cm³/mol. The highest BCUT2D eigenvalue weighted by molar-refractivity contribution is 7.09. The smallest absolute Gasteiger partial charge is 0.254 e. The second-order valence-corrected chi connectivity index (χ2v) is 4.70. The van der Waals surface area contributed by atoms with Gasteiger partial charge in [0.05, 0.1) is 11.8 Å². The molecule has 0 spiro atoms. The number of furan rings is 1. The van der Waals surface area contributed by atoms with E-state index in [1.807, 2.05) is 18.4 Å². The molecule has 0 radical (unpaired) electrons. The van der Waals surface area contributed by atoms with E-state index in [1.165, 1.54) is 17.4 Å². The Morgan fingerprint density at radius 2 is 2.44 bits per heavy atom. The SMILES string of the molecule is C[C@@H](Cc1cccs1)NC(=O)c1ccoc1. The van der Waals surface area contributed by atoms with Crippen molar-refractivity contribution >= 4 is 17.2 Å². The number of amides is 1. The average molecular weight is 235 g/mol. The van der Waals surface area contributed by atoms with Gasteiger partial charge in [-0.05, 0) is 24.4 Å². The Bertz CT molecular complexity index is 434. The van der Waals surface area contributed by atoms with E-state index >= 15 is 0 Å². The van der Waals surface area contributed by atoms with Crippen LogP contribution in [0.1, 0.15) is 22.2 Å².